The van der Waals surface area contributed by atoms with E-state index in [2.05, 4.69) is 38.8 Å². The molecule has 2 heterocycles. The van der Waals surface area contributed by atoms with Gasteiger partial charge in [0.1, 0.15) is 11.6 Å². The first-order valence-electron chi connectivity index (χ1n) is 7.34. The van der Waals surface area contributed by atoms with Crippen molar-refractivity contribution in [1.82, 2.24) is 25.0 Å². The van der Waals surface area contributed by atoms with Gasteiger partial charge in [-0.25, -0.2) is 4.39 Å². The SMILES string of the molecule is CCc1nnc(SCc2nnc(-c3ccc(F)cc3)o2)n1CC. The van der Waals surface area contributed by atoms with Crippen molar-refractivity contribution < 1.29 is 8.81 Å². The summed E-state index contributed by atoms with van der Waals surface area (Å²) in [5.41, 5.74) is 0.695. The Morgan fingerprint density at radius 3 is 2.57 bits per heavy atom. The van der Waals surface area contributed by atoms with Gasteiger partial charge in [-0.2, -0.15) is 0 Å². The summed E-state index contributed by atoms with van der Waals surface area (Å²) in [7, 11) is 0. The van der Waals surface area contributed by atoms with Crippen molar-refractivity contribution in [3.8, 4) is 11.5 Å². The van der Waals surface area contributed by atoms with E-state index in [0.29, 0.717) is 23.1 Å². The van der Waals surface area contributed by atoms with Gasteiger partial charge in [0, 0.05) is 18.5 Å². The molecule has 0 amide bonds. The molecule has 3 rings (SSSR count). The minimum absolute atomic E-state index is 0.297. The molecule has 23 heavy (non-hydrogen) atoms. The predicted octanol–water partition coefficient (Wildman–Crippen LogP) is 3.34. The molecule has 0 N–H and O–H groups in total. The lowest BCUT2D eigenvalue weighted by Crippen LogP contribution is -2.02. The molecule has 0 saturated heterocycles. The van der Waals surface area contributed by atoms with E-state index in [4.69, 9.17) is 4.42 Å². The summed E-state index contributed by atoms with van der Waals surface area (Å²) in [6.07, 6.45) is 0.844. The summed E-state index contributed by atoms with van der Waals surface area (Å²) >= 11 is 1.51. The van der Waals surface area contributed by atoms with Gasteiger partial charge in [0.15, 0.2) is 5.16 Å². The van der Waals surface area contributed by atoms with Crippen LogP contribution >= 0.6 is 11.8 Å². The average molecular weight is 333 g/mol. The number of rotatable bonds is 6. The maximum Gasteiger partial charge on any atom is 0.247 e. The van der Waals surface area contributed by atoms with Crippen molar-refractivity contribution in [3.63, 3.8) is 0 Å². The topological polar surface area (TPSA) is 69.6 Å². The van der Waals surface area contributed by atoms with Gasteiger partial charge >= 0.3 is 0 Å². The Hall–Kier alpha value is -2.22. The lowest BCUT2D eigenvalue weighted by atomic mass is 10.2. The molecule has 2 aromatic heterocycles. The second-order valence-corrected chi connectivity index (χ2v) is 5.74. The van der Waals surface area contributed by atoms with Crippen LogP contribution in [0.3, 0.4) is 0 Å². The van der Waals surface area contributed by atoms with E-state index in [0.717, 1.165) is 23.9 Å². The average Bonchev–Trinajstić information content (AvgIpc) is 3.19. The van der Waals surface area contributed by atoms with Crippen LogP contribution in [0.5, 0.6) is 0 Å². The van der Waals surface area contributed by atoms with Crippen molar-refractivity contribution in [1.29, 1.82) is 0 Å². The molecule has 0 spiro atoms. The second-order valence-electron chi connectivity index (χ2n) is 4.79. The van der Waals surface area contributed by atoms with E-state index < -0.39 is 0 Å². The molecule has 0 aliphatic rings. The third-order valence-electron chi connectivity index (χ3n) is 3.31. The molecule has 0 atom stereocenters. The summed E-state index contributed by atoms with van der Waals surface area (Å²) in [5.74, 6) is 2.06. The first-order chi connectivity index (χ1) is 11.2. The summed E-state index contributed by atoms with van der Waals surface area (Å²) < 4.78 is 20.6. The minimum atomic E-state index is -0.297. The molecule has 3 aromatic rings. The second kappa shape index (κ2) is 6.91. The smallest absolute Gasteiger partial charge is 0.247 e. The van der Waals surface area contributed by atoms with E-state index in [-0.39, 0.29) is 5.82 Å². The zero-order valence-electron chi connectivity index (χ0n) is 12.9. The van der Waals surface area contributed by atoms with E-state index in [1.54, 1.807) is 12.1 Å². The zero-order valence-corrected chi connectivity index (χ0v) is 13.7. The van der Waals surface area contributed by atoms with Crippen molar-refractivity contribution >= 4 is 11.8 Å². The first-order valence-corrected chi connectivity index (χ1v) is 8.33. The number of thioether (sulfide) groups is 1. The summed E-state index contributed by atoms with van der Waals surface area (Å²) in [6.45, 7) is 4.94. The lowest BCUT2D eigenvalue weighted by Gasteiger charge is -2.04. The van der Waals surface area contributed by atoms with Crippen LogP contribution in [0.4, 0.5) is 4.39 Å². The largest absolute Gasteiger partial charge is 0.420 e. The van der Waals surface area contributed by atoms with Gasteiger partial charge in [0.25, 0.3) is 0 Å². The normalized spacial score (nSPS) is 11.1. The van der Waals surface area contributed by atoms with Crippen molar-refractivity contribution in [2.45, 2.75) is 37.7 Å². The molecule has 0 aliphatic heterocycles. The fraction of sp³-hybridized carbons (Fsp3) is 0.333. The van der Waals surface area contributed by atoms with Crippen LogP contribution in [0.2, 0.25) is 0 Å². The Morgan fingerprint density at radius 1 is 1.09 bits per heavy atom. The van der Waals surface area contributed by atoms with Gasteiger partial charge < -0.3 is 8.98 Å². The van der Waals surface area contributed by atoms with E-state index in [1.165, 1.54) is 23.9 Å². The van der Waals surface area contributed by atoms with Crippen LogP contribution in [-0.2, 0) is 18.7 Å². The number of halogens is 1. The van der Waals surface area contributed by atoms with E-state index >= 15 is 0 Å². The van der Waals surface area contributed by atoms with Crippen LogP contribution in [0.15, 0.2) is 33.8 Å². The third-order valence-corrected chi connectivity index (χ3v) is 4.26. The Morgan fingerprint density at radius 2 is 1.87 bits per heavy atom. The van der Waals surface area contributed by atoms with Gasteiger partial charge in [-0.05, 0) is 31.2 Å². The van der Waals surface area contributed by atoms with Gasteiger partial charge in [-0.1, -0.05) is 18.7 Å². The molecule has 0 unspecified atom stereocenters. The minimum Gasteiger partial charge on any atom is -0.420 e. The highest BCUT2D eigenvalue weighted by Crippen LogP contribution is 2.24. The quantitative estimate of drug-likeness (QED) is 0.644. The van der Waals surface area contributed by atoms with Gasteiger partial charge in [0.05, 0.1) is 5.75 Å². The summed E-state index contributed by atoms with van der Waals surface area (Å²) in [5, 5.41) is 17.2. The van der Waals surface area contributed by atoms with Gasteiger partial charge in [-0.15, -0.1) is 20.4 Å². The van der Waals surface area contributed by atoms with Crippen molar-refractivity contribution in [2.75, 3.05) is 0 Å². The fourth-order valence-corrected chi connectivity index (χ4v) is 3.01. The number of benzene rings is 1. The molecule has 120 valence electrons. The summed E-state index contributed by atoms with van der Waals surface area (Å²) in [4.78, 5) is 0. The van der Waals surface area contributed by atoms with Crippen LogP contribution in [0, 0.1) is 5.82 Å². The van der Waals surface area contributed by atoms with Crippen molar-refractivity contribution in [2.24, 2.45) is 0 Å². The number of nitrogens with zero attached hydrogens (tertiary/aromatic N) is 5. The van der Waals surface area contributed by atoms with Crippen LogP contribution in [0.1, 0.15) is 25.6 Å². The molecule has 0 bridgehead atoms. The fourth-order valence-electron chi connectivity index (χ4n) is 2.15. The van der Waals surface area contributed by atoms with E-state index in [9.17, 15) is 4.39 Å². The maximum atomic E-state index is 12.9. The highest BCUT2D eigenvalue weighted by Gasteiger charge is 2.13. The highest BCUT2D eigenvalue weighted by atomic mass is 32.2. The molecule has 8 heteroatoms. The molecular formula is C15H16FN5OS. The highest BCUT2D eigenvalue weighted by molar-refractivity contribution is 7.98. The van der Waals surface area contributed by atoms with E-state index in [1.807, 2.05) is 0 Å². The molecule has 1 aromatic carbocycles. The van der Waals surface area contributed by atoms with Gasteiger partial charge in [0.2, 0.25) is 11.8 Å². The van der Waals surface area contributed by atoms with Gasteiger partial charge in [-0.3, -0.25) is 0 Å². The Bertz CT molecular complexity index is 784. The number of hydrogen-bond acceptors (Lipinski definition) is 6. The summed E-state index contributed by atoms with van der Waals surface area (Å²) in [6, 6.07) is 5.95. The van der Waals surface area contributed by atoms with Crippen LogP contribution in [-0.4, -0.2) is 25.0 Å². The van der Waals surface area contributed by atoms with Crippen molar-refractivity contribution in [3.05, 3.63) is 41.8 Å². The standard InChI is InChI=1S/C15H16FN5OS/c1-3-12-17-20-15(21(12)4-2)23-9-13-18-19-14(22-13)10-5-7-11(16)8-6-10/h5-8H,3-4,9H2,1-2H3. The first kappa shape index (κ1) is 15.7. The predicted molar refractivity (Wildman–Crippen MR) is 84.3 cm³/mol. The number of hydrogen-bond donors (Lipinski definition) is 0. The molecule has 0 fully saturated rings. The molecule has 0 aliphatic carbocycles. The van der Waals surface area contributed by atoms with Crippen LogP contribution < -0.4 is 0 Å². The number of aromatic nitrogens is 5. The lowest BCUT2D eigenvalue weighted by molar-refractivity contribution is 0.527. The number of aryl methyl sites for hydroxylation is 1. The Balaban J connectivity index is 1.70. The molecular weight excluding hydrogens is 317 g/mol. The monoisotopic (exact) mass is 333 g/mol. The molecule has 6 nitrogen and oxygen atoms in total. The third kappa shape index (κ3) is 3.42. The zero-order chi connectivity index (χ0) is 16.2. The van der Waals surface area contributed by atoms with Crippen LogP contribution in [0.25, 0.3) is 11.5 Å². The Labute approximate surface area is 137 Å². The molecule has 0 saturated carbocycles. The maximum absolute atomic E-state index is 12.9. The molecule has 0 radical (unpaired) electrons. The Kier molecular flexibility index (Phi) is 4.71.